The Morgan fingerprint density at radius 1 is 1.53 bits per heavy atom. The molecule has 1 aliphatic rings. The zero-order valence-corrected chi connectivity index (χ0v) is 11.3. The summed E-state index contributed by atoms with van der Waals surface area (Å²) in [5.74, 6) is 5.26. The van der Waals surface area contributed by atoms with Crippen LogP contribution in [0.4, 0.5) is 5.69 Å². The number of nitrogens with two attached hydrogens (primary N) is 1. The smallest absolute Gasteiger partial charge is 0.255 e. The largest absolute Gasteiger partial charge is 0.379 e. The van der Waals surface area contributed by atoms with Crippen molar-refractivity contribution in [3.05, 3.63) is 23.5 Å². The van der Waals surface area contributed by atoms with Crippen LogP contribution < -0.4 is 16.6 Å². The van der Waals surface area contributed by atoms with Crippen molar-refractivity contribution in [2.75, 3.05) is 12.5 Å². The second-order valence-electron chi connectivity index (χ2n) is 4.80. The minimum Gasteiger partial charge on any atom is -0.379 e. The van der Waals surface area contributed by atoms with Gasteiger partial charge in [0.05, 0.1) is 23.4 Å². The van der Waals surface area contributed by atoms with E-state index < -0.39 is 0 Å². The van der Waals surface area contributed by atoms with E-state index in [1.54, 1.807) is 13.2 Å². The Bertz CT molecular complexity index is 464. The van der Waals surface area contributed by atoms with E-state index >= 15 is 0 Å². The van der Waals surface area contributed by atoms with E-state index in [-0.39, 0.29) is 18.1 Å². The van der Waals surface area contributed by atoms with Crippen LogP contribution in [0.3, 0.4) is 0 Å². The van der Waals surface area contributed by atoms with Gasteiger partial charge in [-0.15, -0.1) is 0 Å². The fraction of sp³-hybridized carbons (Fsp3) is 0.538. The van der Waals surface area contributed by atoms with Crippen molar-refractivity contribution in [2.45, 2.75) is 38.3 Å². The number of pyridine rings is 1. The quantitative estimate of drug-likeness (QED) is 0.557. The number of amides is 1. The van der Waals surface area contributed by atoms with Crippen LogP contribution in [0.15, 0.2) is 12.3 Å². The number of aromatic nitrogens is 1. The molecule has 4 N–H and O–H groups in total. The van der Waals surface area contributed by atoms with Gasteiger partial charge in [-0.25, -0.2) is 0 Å². The summed E-state index contributed by atoms with van der Waals surface area (Å²) in [5.41, 5.74) is 4.38. The maximum atomic E-state index is 12.3. The molecule has 6 nitrogen and oxygen atoms in total. The van der Waals surface area contributed by atoms with E-state index in [0.29, 0.717) is 11.3 Å². The van der Waals surface area contributed by atoms with E-state index in [2.05, 4.69) is 15.7 Å². The lowest BCUT2D eigenvalue weighted by molar-refractivity contribution is 0.0722. The number of nitrogens with zero attached hydrogens (tertiary/aromatic N) is 1. The summed E-state index contributed by atoms with van der Waals surface area (Å²) >= 11 is 0. The predicted molar refractivity (Wildman–Crippen MR) is 72.7 cm³/mol. The highest BCUT2D eigenvalue weighted by molar-refractivity contribution is 5.99. The molecule has 0 bridgehead atoms. The first kappa shape index (κ1) is 13.8. The van der Waals surface area contributed by atoms with E-state index in [1.807, 2.05) is 6.92 Å². The van der Waals surface area contributed by atoms with Gasteiger partial charge in [0.15, 0.2) is 0 Å². The molecule has 6 heteroatoms. The predicted octanol–water partition coefficient (Wildman–Crippen LogP) is 0.973. The normalized spacial score (nSPS) is 22.3. The Balaban J connectivity index is 2.11. The third-order valence-electron chi connectivity index (χ3n) is 3.51. The molecule has 1 amide bonds. The molecule has 2 unspecified atom stereocenters. The van der Waals surface area contributed by atoms with Gasteiger partial charge < -0.3 is 15.5 Å². The Labute approximate surface area is 112 Å². The molecule has 1 heterocycles. The zero-order chi connectivity index (χ0) is 13.8. The molecule has 1 aromatic heterocycles. The van der Waals surface area contributed by atoms with E-state index in [9.17, 15) is 4.79 Å². The van der Waals surface area contributed by atoms with Crippen LogP contribution in [0.1, 0.15) is 35.3 Å². The number of carbonyl (C=O) groups excluding carboxylic acids is 1. The first-order valence-electron chi connectivity index (χ1n) is 6.42. The molecule has 0 saturated heterocycles. The maximum Gasteiger partial charge on any atom is 0.255 e. The molecule has 1 aliphatic carbocycles. The van der Waals surface area contributed by atoms with Crippen LogP contribution in [0.2, 0.25) is 0 Å². The Morgan fingerprint density at radius 2 is 2.32 bits per heavy atom. The average molecular weight is 264 g/mol. The number of rotatable bonds is 4. The summed E-state index contributed by atoms with van der Waals surface area (Å²) in [6.45, 7) is 1.85. The number of nitrogens with one attached hydrogen (secondary N) is 2. The molecule has 1 aromatic rings. The van der Waals surface area contributed by atoms with Crippen LogP contribution in [-0.4, -0.2) is 30.1 Å². The molecule has 0 aliphatic heterocycles. The number of carbonyl (C=O) groups is 1. The fourth-order valence-electron chi connectivity index (χ4n) is 2.48. The maximum absolute atomic E-state index is 12.3. The van der Waals surface area contributed by atoms with E-state index in [4.69, 9.17) is 10.6 Å². The van der Waals surface area contributed by atoms with Crippen LogP contribution in [0, 0.1) is 6.92 Å². The molecular weight excluding hydrogens is 244 g/mol. The highest BCUT2D eigenvalue weighted by atomic mass is 16.5. The second kappa shape index (κ2) is 5.99. The average Bonchev–Trinajstić information content (AvgIpc) is 2.85. The number of hydrazine groups is 1. The van der Waals surface area contributed by atoms with Crippen LogP contribution in [0.5, 0.6) is 0 Å². The van der Waals surface area contributed by atoms with Gasteiger partial charge in [-0.3, -0.25) is 15.6 Å². The summed E-state index contributed by atoms with van der Waals surface area (Å²) < 4.78 is 5.37. The van der Waals surface area contributed by atoms with Gasteiger partial charge in [0.1, 0.15) is 0 Å². The number of hydrogen-bond donors (Lipinski definition) is 3. The van der Waals surface area contributed by atoms with Crippen LogP contribution in [0.25, 0.3) is 0 Å². The van der Waals surface area contributed by atoms with Crippen LogP contribution >= 0.6 is 0 Å². The van der Waals surface area contributed by atoms with Crippen LogP contribution in [-0.2, 0) is 4.74 Å². The Hall–Kier alpha value is -1.66. The summed E-state index contributed by atoms with van der Waals surface area (Å²) in [5, 5.41) is 2.99. The minimum atomic E-state index is -0.172. The molecule has 0 radical (unpaired) electrons. The molecule has 2 rings (SSSR count). The summed E-state index contributed by atoms with van der Waals surface area (Å²) in [6.07, 6.45) is 4.62. The third kappa shape index (κ3) is 3.02. The molecule has 2 atom stereocenters. The van der Waals surface area contributed by atoms with Gasteiger partial charge in [-0.05, 0) is 32.3 Å². The monoisotopic (exact) mass is 264 g/mol. The standard InChI is InChI=1S/C13H20N4O2/c1-8-6-11(17-14)9(7-15-8)13(18)16-10-4-3-5-12(10)19-2/h6-7,10,12H,3-5,14H2,1-2H3,(H,15,17)(H,16,18). The van der Waals surface area contributed by atoms with Crippen molar-refractivity contribution in [3.8, 4) is 0 Å². The highest BCUT2D eigenvalue weighted by Crippen LogP contribution is 2.22. The van der Waals surface area contributed by atoms with Crippen molar-refractivity contribution in [3.63, 3.8) is 0 Å². The van der Waals surface area contributed by atoms with Crippen molar-refractivity contribution in [1.29, 1.82) is 0 Å². The third-order valence-corrected chi connectivity index (χ3v) is 3.51. The summed E-state index contributed by atoms with van der Waals surface area (Å²) in [7, 11) is 1.68. The van der Waals surface area contributed by atoms with Crippen molar-refractivity contribution in [1.82, 2.24) is 10.3 Å². The molecule has 19 heavy (non-hydrogen) atoms. The SMILES string of the molecule is COC1CCCC1NC(=O)c1cnc(C)cc1NN. The second-order valence-corrected chi connectivity index (χ2v) is 4.80. The molecule has 1 saturated carbocycles. The van der Waals surface area contributed by atoms with E-state index in [1.165, 1.54) is 6.20 Å². The van der Waals surface area contributed by atoms with Crippen molar-refractivity contribution < 1.29 is 9.53 Å². The van der Waals surface area contributed by atoms with Crippen molar-refractivity contribution in [2.24, 2.45) is 5.84 Å². The number of hydrogen-bond acceptors (Lipinski definition) is 5. The first-order chi connectivity index (χ1) is 9.15. The minimum absolute atomic E-state index is 0.0597. The molecule has 1 fully saturated rings. The molecular formula is C13H20N4O2. The van der Waals surface area contributed by atoms with E-state index in [0.717, 1.165) is 25.0 Å². The number of anilines is 1. The number of nitrogen functional groups attached to an aromatic ring is 1. The number of methoxy groups -OCH3 is 1. The lowest BCUT2D eigenvalue weighted by Crippen LogP contribution is -2.41. The van der Waals surface area contributed by atoms with Gasteiger partial charge in [0.2, 0.25) is 0 Å². The molecule has 104 valence electrons. The lowest BCUT2D eigenvalue weighted by Gasteiger charge is -2.20. The lowest BCUT2D eigenvalue weighted by atomic mass is 10.1. The highest BCUT2D eigenvalue weighted by Gasteiger charge is 2.29. The topological polar surface area (TPSA) is 89.3 Å². The Kier molecular flexibility index (Phi) is 4.34. The molecule has 0 spiro atoms. The van der Waals surface area contributed by atoms with Gasteiger partial charge in [-0.2, -0.15) is 0 Å². The van der Waals surface area contributed by atoms with Gasteiger partial charge >= 0.3 is 0 Å². The Morgan fingerprint density at radius 3 is 3.00 bits per heavy atom. The van der Waals surface area contributed by atoms with Gasteiger partial charge in [-0.1, -0.05) is 0 Å². The summed E-state index contributed by atoms with van der Waals surface area (Å²) in [6, 6.07) is 1.81. The zero-order valence-electron chi connectivity index (χ0n) is 11.3. The van der Waals surface area contributed by atoms with Crippen molar-refractivity contribution >= 4 is 11.6 Å². The fourth-order valence-corrected chi connectivity index (χ4v) is 2.48. The summed E-state index contributed by atoms with van der Waals surface area (Å²) in [4.78, 5) is 16.4. The van der Waals surface area contributed by atoms with Gasteiger partial charge in [0, 0.05) is 19.0 Å². The molecule has 0 aromatic carbocycles. The van der Waals surface area contributed by atoms with Gasteiger partial charge in [0.25, 0.3) is 5.91 Å². The number of ether oxygens (including phenoxy) is 1. The first-order valence-corrected chi connectivity index (χ1v) is 6.42. The number of aryl methyl sites for hydroxylation is 1.